The minimum Gasteiger partial charge on any atom is -0.459 e. The number of ether oxygens (including phenoxy) is 1. The zero-order valence-corrected chi connectivity index (χ0v) is 19.5. The van der Waals surface area contributed by atoms with E-state index >= 15 is 0 Å². The molecule has 1 aliphatic rings. The number of benzene rings is 3. The first-order valence-electron chi connectivity index (χ1n) is 11.4. The molecule has 1 fully saturated rings. The number of carbonyl (C=O) groups excluding carboxylic acids is 1. The molecule has 1 unspecified atom stereocenters. The highest BCUT2D eigenvalue weighted by molar-refractivity contribution is 6.03. The molecule has 0 saturated carbocycles. The third-order valence-electron chi connectivity index (χ3n) is 5.72. The van der Waals surface area contributed by atoms with Crippen molar-refractivity contribution in [2.24, 2.45) is 4.99 Å². The Morgan fingerprint density at radius 1 is 0.909 bits per heavy atom. The fourth-order valence-corrected chi connectivity index (χ4v) is 4.05. The van der Waals surface area contributed by atoms with E-state index in [0.29, 0.717) is 13.0 Å². The first-order valence-corrected chi connectivity index (χ1v) is 11.4. The van der Waals surface area contributed by atoms with Crippen LogP contribution in [0.1, 0.15) is 32.8 Å². The number of aliphatic imine (C=N–C) groups is 1. The van der Waals surface area contributed by atoms with E-state index < -0.39 is 6.04 Å². The van der Waals surface area contributed by atoms with Gasteiger partial charge in [-0.15, -0.1) is 0 Å². The molecule has 170 valence electrons. The normalized spacial score (nSPS) is 17.8. The molecule has 1 heterocycles. The fourth-order valence-electron chi connectivity index (χ4n) is 4.05. The second-order valence-corrected chi connectivity index (χ2v) is 9.17. The average molecular weight is 442 g/mol. The van der Waals surface area contributed by atoms with E-state index in [9.17, 15) is 4.79 Å². The third-order valence-corrected chi connectivity index (χ3v) is 5.72. The predicted octanol–water partition coefficient (Wildman–Crippen LogP) is 5.80. The van der Waals surface area contributed by atoms with E-state index in [1.165, 1.54) is 0 Å². The monoisotopic (exact) mass is 441 g/mol. The van der Waals surface area contributed by atoms with Gasteiger partial charge in [0.25, 0.3) is 0 Å². The van der Waals surface area contributed by atoms with Crippen LogP contribution in [0.5, 0.6) is 0 Å². The van der Waals surface area contributed by atoms with Crippen molar-refractivity contribution in [3.05, 3.63) is 96.6 Å². The molecule has 0 N–H and O–H groups in total. The molecule has 1 atom stereocenters. The number of guanidine groups is 1. The van der Waals surface area contributed by atoms with Crippen molar-refractivity contribution in [2.75, 3.05) is 11.4 Å². The van der Waals surface area contributed by atoms with Crippen molar-refractivity contribution in [2.45, 2.75) is 45.4 Å². The van der Waals surface area contributed by atoms with Crippen molar-refractivity contribution in [1.82, 2.24) is 4.90 Å². The Labute approximate surface area is 196 Å². The number of nitrogens with zero attached hydrogens (tertiary/aromatic N) is 3. The van der Waals surface area contributed by atoms with Crippen LogP contribution in [-0.4, -0.2) is 35.0 Å². The summed E-state index contributed by atoms with van der Waals surface area (Å²) in [6, 6.07) is 29.2. The Morgan fingerprint density at radius 3 is 2.09 bits per heavy atom. The maximum atomic E-state index is 13.4. The van der Waals surface area contributed by atoms with Crippen LogP contribution in [0.4, 0.5) is 11.4 Å². The average Bonchev–Trinajstić information content (AvgIpc) is 2.83. The number of para-hydroxylation sites is 2. The van der Waals surface area contributed by atoms with Gasteiger partial charge in [-0.05, 0) is 57.0 Å². The largest absolute Gasteiger partial charge is 0.459 e. The van der Waals surface area contributed by atoms with Crippen molar-refractivity contribution < 1.29 is 9.53 Å². The van der Waals surface area contributed by atoms with Crippen LogP contribution in [0.15, 0.2) is 96.0 Å². The van der Waals surface area contributed by atoms with E-state index in [4.69, 9.17) is 9.73 Å². The first kappa shape index (κ1) is 22.6. The SMILES string of the molecule is CC(C)(C)N1CCC(C(=O)OCc2ccccc2)N(c2ccccc2)C1=Nc1ccccc1. The standard InChI is InChI=1S/C28H31N3O2/c1-28(2,3)30-20-19-25(26(32)33-21-22-13-7-4-8-14-22)31(24-17-11-6-12-18-24)27(30)29-23-15-9-5-10-16-23/h4-18,25H,19-21H2,1-3H3. The number of anilines is 1. The molecular formula is C28H31N3O2. The minimum atomic E-state index is -0.461. The lowest BCUT2D eigenvalue weighted by Crippen LogP contribution is -2.62. The van der Waals surface area contributed by atoms with E-state index in [0.717, 1.165) is 22.9 Å². The molecule has 0 bridgehead atoms. The van der Waals surface area contributed by atoms with Gasteiger partial charge in [0.05, 0.1) is 5.69 Å². The summed E-state index contributed by atoms with van der Waals surface area (Å²) in [5.74, 6) is 0.518. The number of esters is 1. The van der Waals surface area contributed by atoms with Gasteiger partial charge in [-0.3, -0.25) is 4.90 Å². The van der Waals surface area contributed by atoms with Gasteiger partial charge in [-0.25, -0.2) is 9.79 Å². The number of carbonyl (C=O) groups is 1. The Bertz CT molecular complexity index is 1080. The molecule has 0 amide bonds. The topological polar surface area (TPSA) is 45.1 Å². The van der Waals surface area contributed by atoms with Gasteiger partial charge < -0.3 is 9.64 Å². The molecule has 0 aliphatic carbocycles. The van der Waals surface area contributed by atoms with Crippen molar-refractivity contribution >= 4 is 23.3 Å². The summed E-state index contributed by atoms with van der Waals surface area (Å²) in [6.45, 7) is 7.48. The highest BCUT2D eigenvalue weighted by Crippen LogP contribution is 2.31. The zero-order valence-electron chi connectivity index (χ0n) is 19.5. The summed E-state index contributed by atoms with van der Waals surface area (Å²) in [5.41, 5.74) is 2.57. The summed E-state index contributed by atoms with van der Waals surface area (Å²) in [7, 11) is 0. The van der Waals surface area contributed by atoms with Crippen LogP contribution in [0.25, 0.3) is 0 Å². The maximum Gasteiger partial charge on any atom is 0.329 e. The summed E-state index contributed by atoms with van der Waals surface area (Å²) in [5, 5.41) is 0. The molecule has 4 rings (SSSR count). The second-order valence-electron chi connectivity index (χ2n) is 9.17. The molecule has 0 radical (unpaired) electrons. The summed E-state index contributed by atoms with van der Waals surface area (Å²) >= 11 is 0. The Kier molecular flexibility index (Phi) is 6.78. The van der Waals surface area contributed by atoms with Crippen molar-refractivity contribution in [3.8, 4) is 0 Å². The van der Waals surface area contributed by atoms with Gasteiger partial charge in [0.2, 0.25) is 5.96 Å². The van der Waals surface area contributed by atoms with Crippen LogP contribution in [-0.2, 0) is 16.1 Å². The summed E-state index contributed by atoms with van der Waals surface area (Å²) in [6.07, 6.45) is 0.646. The molecule has 0 aromatic heterocycles. The van der Waals surface area contributed by atoms with Crippen molar-refractivity contribution in [3.63, 3.8) is 0 Å². The number of hydrogen-bond donors (Lipinski definition) is 0. The predicted molar refractivity (Wildman–Crippen MR) is 134 cm³/mol. The molecule has 33 heavy (non-hydrogen) atoms. The summed E-state index contributed by atoms with van der Waals surface area (Å²) < 4.78 is 5.78. The van der Waals surface area contributed by atoms with Gasteiger partial charge in [-0.2, -0.15) is 0 Å². The molecule has 5 nitrogen and oxygen atoms in total. The smallest absolute Gasteiger partial charge is 0.329 e. The van der Waals surface area contributed by atoms with E-state index in [-0.39, 0.29) is 18.1 Å². The zero-order chi connectivity index (χ0) is 23.3. The lowest BCUT2D eigenvalue weighted by Gasteiger charge is -2.48. The van der Waals surface area contributed by atoms with Crippen LogP contribution in [0.2, 0.25) is 0 Å². The van der Waals surface area contributed by atoms with Crippen LogP contribution < -0.4 is 4.90 Å². The Morgan fingerprint density at radius 2 is 1.48 bits per heavy atom. The van der Waals surface area contributed by atoms with Gasteiger partial charge in [0.1, 0.15) is 12.6 Å². The maximum absolute atomic E-state index is 13.4. The number of hydrogen-bond acceptors (Lipinski definition) is 3. The highest BCUT2D eigenvalue weighted by atomic mass is 16.5. The van der Waals surface area contributed by atoms with Gasteiger partial charge in [-0.1, -0.05) is 66.7 Å². The second kappa shape index (κ2) is 9.90. The minimum absolute atomic E-state index is 0.167. The van der Waals surface area contributed by atoms with Crippen LogP contribution in [0, 0.1) is 0 Å². The highest BCUT2D eigenvalue weighted by Gasteiger charge is 2.41. The lowest BCUT2D eigenvalue weighted by atomic mass is 10.0. The van der Waals surface area contributed by atoms with Crippen LogP contribution in [0.3, 0.4) is 0 Å². The van der Waals surface area contributed by atoms with Gasteiger partial charge >= 0.3 is 5.97 Å². The Balaban J connectivity index is 1.72. The molecule has 3 aromatic carbocycles. The molecule has 5 heteroatoms. The van der Waals surface area contributed by atoms with Gasteiger partial charge in [0, 0.05) is 17.8 Å². The van der Waals surface area contributed by atoms with E-state index in [1.807, 2.05) is 95.9 Å². The third kappa shape index (κ3) is 5.43. The van der Waals surface area contributed by atoms with Crippen LogP contribution >= 0.6 is 0 Å². The first-order chi connectivity index (χ1) is 15.9. The molecule has 1 aliphatic heterocycles. The molecule has 3 aromatic rings. The fraction of sp³-hybridized carbons (Fsp3) is 0.286. The van der Waals surface area contributed by atoms with E-state index in [2.05, 4.69) is 25.7 Å². The molecular weight excluding hydrogens is 410 g/mol. The van der Waals surface area contributed by atoms with E-state index in [1.54, 1.807) is 0 Å². The van der Waals surface area contributed by atoms with Gasteiger partial charge in [0.15, 0.2) is 0 Å². The lowest BCUT2D eigenvalue weighted by molar-refractivity contribution is -0.147. The molecule has 0 spiro atoms. The quantitative estimate of drug-likeness (QED) is 0.470. The molecule has 1 saturated heterocycles. The number of rotatable bonds is 5. The Hall–Kier alpha value is -3.60. The summed E-state index contributed by atoms with van der Waals surface area (Å²) in [4.78, 5) is 22.7. The van der Waals surface area contributed by atoms with Crippen molar-refractivity contribution in [1.29, 1.82) is 0 Å².